The fourth-order valence-electron chi connectivity index (χ4n) is 2.99. The van der Waals surface area contributed by atoms with Crippen LogP contribution in [0.5, 0.6) is 0 Å². The van der Waals surface area contributed by atoms with Gasteiger partial charge >= 0.3 is 0 Å². The Hall–Kier alpha value is -1.49. The summed E-state index contributed by atoms with van der Waals surface area (Å²) in [4.78, 5) is 4.60. The third-order valence-electron chi connectivity index (χ3n) is 4.05. The summed E-state index contributed by atoms with van der Waals surface area (Å²) in [6, 6.07) is 13.2. The molecule has 2 aromatic rings. The largest absolute Gasteiger partial charge is 0.328 e. The van der Waals surface area contributed by atoms with Gasteiger partial charge in [-0.3, -0.25) is 0 Å². The highest BCUT2D eigenvalue weighted by Crippen LogP contribution is 2.29. The highest BCUT2D eigenvalue weighted by molar-refractivity contribution is 14.0. The van der Waals surface area contributed by atoms with E-state index >= 15 is 0 Å². The fourth-order valence-corrected chi connectivity index (χ4v) is 2.99. The molecule has 1 aliphatic rings. The molecule has 2 nitrogen and oxygen atoms in total. The minimum Gasteiger partial charge on any atom is -0.328 e. The third-order valence-corrected chi connectivity index (χ3v) is 4.05. The van der Waals surface area contributed by atoms with Gasteiger partial charge in [0.2, 0.25) is 0 Å². The van der Waals surface area contributed by atoms with Crippen molar-refractivity contribution >= 4 is 35.4 Å². The van der Waals surface area contributed by atoms with Crippen molar-refractivity contribution in [2.45, 2.75) is 27.7 Å². The third kappa shape index (κ3) is 3.29. The van der Waals surface area contributed by atoms with Crippen molar-refractivity contribution in [1.82, 2.24) is 0 Å². The number of halogens is 1. The molecule has 0 spiro atoms. The van der Waals surface area contributed by atoms with Gasteiger partial charge in [-0.05, 0) is 51.0 Å². The van der Waals surface area contributed by atoms with Crippen LogP contribution in [0.3, 0.4) is 0 Å². The standard InChI is InChI=1S/C19H22N2.HI/c1-14-5-7-18(16(3)11-14)20-9-10-21(13-20)19-8-6-15(2)12-17(19)4;/h5-12H,13H2,1-4H3;1H. The number of hydrogen-bond acceptors (Lipinski definition) is 2. The molecule has 0 atom stereocenters. The van der Waals surface area contributed by atoms with Crippen molar-refractivity contribution in [2.24, 2.45) is 0 Å². The minimum atomic E-state index is 0. The number of benzene rings is 2. The highest BCUT2D eigenvalue weighted by Gasteiger charge is 2.17. The molecule has 2 aromatic carbocycles. The molecule has 22 heavy (non-hydrogen) atoms. The molecule has 116 valence electrons. The first kappa shape index (κ1) is 16.9. The second kappa shape index (κ2) is 6.73. The van der Waals surface area contributed by atoms with E-state index in [2.05, 4.69) is 86.3 Å². The normalized spacial score (nSPS) is 13.5. The highest BCUT2D eigenvalue weighted by atomic mass is 127. The number of aryl methyl sites for hydroxylation is 4. The van der Waals surface area contributed by atoms with E-state index in [9.17, 15) is 0 Å². The summed E-state index contributed by atoms with van der Waals surface area (Å²) in [6.07, 6.45) is 4.33. The quantitative estimate of drug-likeness (QED) is 0.625. The van der Waals surface area contributed by atoms with E-state index < -0.39 is 0 Å². The Morgan fingerprint density at radius 1 is 0.682 bits per heavy atom. The zero-order valence-electron chi connectivity index (χ0n) is 13.6. The lowest BCUT2D eigenvalue weighted by Crippen LogP contribution is -2.25. The van der Waals surface area contributed by atoms with Gasteiger partial charge in [-0.1, -0.05) is 35.4 Å². The van der Waals surface area contributed by atoms with Gasteiger partial charge in [0, 0.05) is 23.8 Å². The Morgan fingerprint density at radius 2 is 1.09 bits per heavy atom. The lowest BCUT2D eigenvalue weighted by Gasteiger charge is -2.24. The predicted octanol–water partition coefficient (Wildman–Crippen LogP) is 5.29. The molecule has 0 bridgehead atoms. The summed E-state index contributed by atoms with van der Waals surface area (Å²) < 4.78 is 0. The van der Waals surface area contributed by atoms with Gasteiger partial charge in [-0.25, -0.2) is 0 Å². The molecular formula is C19H23IN2. The molecule has 0 unspecified atom stereocenters. The van der Waals surface area contributed by atoms with Crippen LogP contribution < -0.4 is 9.80 Å². The zero-order chi connectivity index (χ0) is 15.0. The van der Waals surface area contributed by atoms with E-state index in [1.54, 1.807) is 0 Å². The van der Waals surface area contributed by atoms with Crippen LogP contribution in [0.25, 0.3) is 0 Å². The molecule has 3 rings (SSSR count). The van der Waals surface area contributed by atoms with Crippen molar-refractivity contribution in [3.05, 3.63) is 71.1 Å². The van der Waals surface area contributed by atoms with Crippen molar-refractivity contribution in [3.63, 3.8) is 0 Å². The van der Waals surface area contributed by atoms with Crippen LogP contribution in [0.4, 0.5) is 11.4 Å². The lowest BCUT2D eigenvalue weighted by molar-refractivity contribution is 0.964. The molecule has 0 aliphatic carbocycles. The average Bonchev–Trinajstić information content (AvgIpc) is 2.87. The molecule has 0 radical (unpaired) electrons. The summed E-state index contributed by atoms with van der Waals surface area (Å²) in [6.45, 7) is 9.50. The summed E-state index contributed by atoms with van der Waals surface area (Å²) in [5, 5.41) is 0. The molecule has 1 heterocycles. The van der Waals surface area contributed by atoms with E-state index in [4.69, 9.17) is 0 Å². The topological polar surface area (TPSA) is 6.48 Å². The van der Waals surface area contributed by atoms with E-state index in [1.807, 2.05) is 0 Å². The fraction of sp³-hybridized carbons (Fsp3) is 0.263. The molecule has 0 aromatic heterocycles. The van der Waals surface area contributed by atoms with Crippen LogP contribution in [0.2, 0.25) is 0 Å². The molecular weight excluding hydrogens is 383 g/mol. The Kier molecular flexibility index (Phi) is 5.16. The Bertz CT molecular complexity index is 647. The number of hydrogen-bond donors (Lipinski definition) is 0. The van der Waals surface area contributed by atoms with Gasteiger partial charge in [0.25, 0.3) is 0 Å². The SMILES string of the molecule is Cc1ccc(N2C=CN(c3ccc(C)cc3C)C2)c(C)c1.I. The molecule has 0 N–H and O–H groups in total. The monoisotopic (exact) mass is 406 g/mol. The first-order valence-electron chi connectivity index (χ1n) is 7.41. The molecule has 0 saturated heterocycles. The zero-order valence-corrected chi connectivity index (χ0v) is 16.0. The van der Waals surface area contributed by atoms with Crippen molar-refractivity contribution in [2.75, 3.05) is 16.5 Å². The van der Waals surface area contributed by atoms with E-state index in [-0.39, 0.29) is 24.0 Å². The van der Waals surface area contributed by atoms with Crippen LogP contribution in [0.1, 0.15) is 22.3 Å². The van der Waals surface area contributed by atoms with Crippen LogP contribution >= 0.6 is 24.0 Å². The van der Waals surface area contributed by atoms with Crippen molar-refractivity contribution < 1.29 is 0 Å². The summed E-state index contributed by atoms with van der Waals surface area (Å²) in [5.74, 6) is 0. The molecule has 0 amide bonds. The number of nitrogens with zero attached hydrogens (tertiary/aromatic N) is 2. The van der Waals surface area contributed by atoms with Crippen LogP contribution in [-0.4, -0.2) is 6.67 Å². The molecule has 1 aliphatic heterocycles. The van der Waals surface area contributed by atoms with Crippen LogP contribution in [-0.2, 0) is 0 Å². The maximum atomic E-state index is 2.30. The van der Waals surface area contributed by atoms with Gasteiger partial charge in [0.1, 0.15) is 0 Å². The second-order valence-electron chi connectivity index (χ2n) is 5.96. The first-order valence-corrected chi connectivity index (χ1v) is 7.41. The van der Waals surface area contributed by atoms with Gasteiger partial charge in [-0.2, -0.15) is 0 Å². The predicted molar refractivity (Wildman–Crippen MR) is 106 cm³/mol. The minimum absolute atomic E-state index is 0. The lowest BCUT2D eigenvalue weighted by atomic mass is 10.1. The molecule has 0 fully saturated rings. The smallest absolute Gasteiger partial charge is 0.0989 e. The molecule has 3 heteroatoms. The molecule has 0 saturated carbocycles. The number of rotatable bonds is 2. The van der Waals surface area contributed by atoms with Gasteiger partial charge in [-0.15, -0.1) is 24.0 Å². The van der Waals surface area contributed by atoms with Gasteiger partial charge in [0.05, 0.1) is 6.67 Å². The van der Waals surface area contributed by atoms with Crippen molar-refractivity contribution in [3.8, 4) is 0 Å². The first-order chi connectivity index (χ1) is 10.0. The summed E-state index contributed by atoms with van der Waals surface area (Å²) in [7, 11) is 0. The Balaban J connectivity index is 0.00000176. The maximum Gasteiger partial charge on any atom is 0.0989 e. The Morgan fingerprint density at radius 3 is 1.45 bits per heavy atom. The van der Waals surface area contributed by atoms with Gasteiger partial charge < -0.3 is 9.80 Å². The Labute approximate surface area is 150 Å². The van der Waals surface area contributed by atoms with Crippen molar-refractivity contribution in [1.29, 1.82) is 0 Å². The summed E-state index contributed by atoms with van der Waals surface area (Å²) >= 11 is 0. The van der Waals surface area contributed by atoms with E-state index in [1.165, 1.54) is 33.6 Å². The maximum absolute atomic E-state index is 2.30. The van der Waals surface area contributed by atoms with Gasteiger partial charge in [0.15, 0.2) is 0 Å². The van der Waals surface area contributed by atoms with E-state index in [0.29, 0.717) is 0 Å². The van der Waals surface area contributed by atoms with Crippen LogP contribution in [0.15, 0.2) is 48.8 Å². The van der Waals surface area contributed by atoms with E-state index in [0.717, 1.165) is 6.67 Å². The second-order valence-corrected chi connectivity index (χ2v) is 5.96. The average molecular weight is 406 g/mol. The summed E-state index contributed by atoms with van der Waals surface area (Å²) in [5.41, 5.74) is 7.83. The van der Waals surface area contributed by atoms with Crippen LogP contribution in [0, 0.1) is 27.7 Å². The number of anilines is 2.